The molecule has 34 heavy (non-hydrogen) atoms. The average Bonchev–Trinajstić information content (AvgIpc) is 3.04. The van der Waals surface area contributed by atoms with Crippen LogP contribution in [0.4, 0.5) is 0 Å². The van der Waals surface area contributed by atoms with Crippen LogP contribution in [0.15, 0.2) is 40.1 Å². The summed E-state index contributed by atoms with van der Waals surface area (Å²) in [5.74, 6) is 0.630. The van der Waals surface area contributed by atoms with Crippen LogP contribution in [-0.2, 0) is 0 Å². The third-order valence-electron chi connectivity index (χ3n) is 6.85. The first kappa shape index (κ1) is 24.2. The lowest BCUT2D eigenvalue weighted by atomic mass is 10.1. The standard InChI is InChI=1S/C25H34N4O5/c1-18-17-29(25(33)26-23(18)31)21-9-13-28(14-10-22(21)30)24(32)19-5-7-20(8-6-19)34-16-15-27-11-3-2-4-12-27/h5-8,17,21-22,30H,2-4,9-16H2,1H3,(H,26,31,33)/t21-,22-/m0/s1. The van der Waals surface area contributed by atoms with Crippen LogP contribution in [0.3, 0.4) is 0 Å². The van der Waals surface area contributed by atoms with Gasteiger partial charge in [0.25, 0.3) is 11.5 Å². The minimum absolute atomic E-state index is 0.113. The Morgan fingerprint density at radius 2 is 1.76 bits per heavy atom. The third-order valence-corrected chi connectivity index (χ3v) is 6.85. The van der Waals surface area contributed by atoms with E-state index in [9.17, 15) is 19.5 Å². The second-order valence-corrected chi connectivity index (χ2v) is 9.26. The highest BCUT2D eigenvalue weighted by Gasteiger charge is 2.29. The molecule has 9 nitrogen and oxygen atoms in total. The van der Waals surface area contributed by atoms with Crippen LogP contribution >= 0.6 is 0 Å². The monoisotopic (exact) mass is 470 g/mol. The number of aromatic nitrogens is 2. The van der Waals surface area contributed by atoms with Crippen molar-refractivity contribution in [2.45, 2.75) is 51.2 Å². The first-order valence-electron chi connectivity index (χ1n) is 12.2. The van der Waals surface area contributed by atoms with Gasteiger partial charge in [-0.1, -0.05) is 6.42 Å². The van der Waals surface area contributed by atoms with Gasteiger partial charge in [-0.3, -0.25) is 24.0 Å². The molecule has 2 aromatic rings. The van der Waals surface area contributed by atoms with Crippen molar-refractivity contribution in [2.24, 2.45) is 0 Å². The largest absolute Gasteiger partial charge is 0.492 e. The maximum atomic E-state index is 13.1. The number of ether oxygens (including phenoxy) is 1. The molecule has 0 aliphatic carbocycles. The zero-order chi connectivity index (χ0) is 24.1. The third kappa shape index (κ3) is 5.77. The number of aliphatic hydroxyl groups excluding tert-OH is 1. The van der Waals surface area contributed by atoms with Crippen molar-refractivity contribution in [3.05, 3.63) is 62.4 Å². The molecular formula is C25H34N4O5. The normalized spacial score (nSPS) is 21.8. The molecule has 4 rings (SSSR count). The van der Waals surface area contributed by atoms with Gasteiger partial charge in [-0.25, -0.2) is 4.79 Å². The van der Waals surface area contributed by atoms with Gasteiger partial charge in [0, 0.05) is 37.0 Å². The number of carbonyl (C=O) groups is 1. The van der Waals surface area contributed by atoms with Gasteiger partial charge in [0.15, 0.2) is 0 Å². The number of rotatable bonds is 6. The summed E-state index contributed by atoms with van der Waals surface area (Å²) in [5.41, 5.74) is -0.00835. The average molecular weight is 471 g/mol. The molecule has 1 aromatic carbocycles. The van der Waals surface area contributed by atoms with E-state index in [1.165, 1.54) is 30.0 Å². The molecule has 0 saturated carbocycles. The lowest BCUT2D eigenvalue weighted by Crippen LogP contribution is -2.37. The number of carbonyl (C=O) groups excluding carboxylic acids is 1. The van der Waals surface area contributed by atoms with Gasteiger partial charge in [-0.05, 0) is 70.0 Å². The maximum absolute atomic E-state index is 13.1. The number of benzene rings is 1. The van der Waals surface area contributed by atoms with Gasteiger partial charge in [0.2, 0.25) is 0 Å². The van der Waals surface area contributed by atoms with E-state index in [0.29, 0.717) is 43.7 Å². The van der Waals surface area contributed by atoms with Gasteiger partial charge >= 0.3 is 5.69 Å². The lowest BCUT2D eigenvalue weighted by molar-refractivity contribution is 0.0751. The van der Waals surface area contributed by atoms with Crippen LogP contribution in [0.1, 0.15) is 54.1 Å². The molecule has 2 aliphatic heterocycles. The summed E-state index contributed by atoms with van der Waals surface area (Å²) in [6.07, 6.45) is 5.27. The molecule has 1 amide bonds. The predicted octanol–water partition coefficient (Wildman–Crippen LogP) is 1.55. The summed E-state index contributed by atoms with van der Waals surface area (Å²) in [6, 6.07) is 6.68. The molecule has 2 N–H and O–H groups in total. The van der Waals surface area contributed by atoms with Crippen LogP contribution in [-0.4, -0.2) is 75.8 Å². The highest BCUT2D eigenvalue weighted by atomic mass is 16.5. The number of piperidine rings is 1. The van der Waals surface area contributed by atoms with Gasteiger partial charge in [-0.15, -0.1) is 0 Å². The molecule has 2 atom stereocenters. The molecule has 0 spiro atoms. The van der Waals surface area contributed by atoms with E-state index < -0.39 is 23.4 Å². The van der Waals surface area contributed by atoms with Crippen molar-refractivity contribution in [3.8, 4) is 5.75 Å². The molecular weight excluding hydrogens is 436 g/mol. The lowest BCUT2D eigenvalue weighted by Gasteiger charge is -2.26. The number of hydrogen-bond acceptors (Lipinski definition) is 6. The van der Waals surface area contributed by atoms with Crippen LogP contribution in [0.2, 0.25) is 0 Å². The highest BCUT2D eigenvalue weighted by molar-refractivity contribution is 5.94. The minimum Gasteiger partial charge on any atom is -0.492 e. The van der Waals surface area contributed by atoms with E-state index in [-0.39, 0.29) is 5.91 Å². The van der Waals surface area contributed by atoms with E-state index in [2.05, 4.69) is 9.88 Å². The Labute approximate surface area is 199 Å². The summed E-state index contributed by atoms with van der Waals surface area (Å²) in [6.45, 7) is 6.23. The highest BCUT2D eigenvalue weighted by Crippen LogP contribution is 2.23. The minimum atomic E-state index is -0.795. The number of aliphatic hydroxyl groups is 1. The van der Waals surface area contributed by atoms with Crippen LogP contribution in [0, 0.1) is 6.92 Å². The zero-order valence-corrected chi connectivity index (χ0v) is 19.7. The molecule has 184 valence electrons. The first-order valence-corrected chi connectivity index (χ1v) is 12.2. The number of H-pyrrole nitrogens is 1. The smallest absolute Gasteiger partial charge is 0.328 e. The van der Waals surface area contributed by atoms with E-state index >= 15 is 0 Å². The Morgan fingerprint density at radius 3 is 2.50 bits per heavy atom. The number of nitrogens with zero attached hydrogens (tertiary/aromatic N) is 3. The molecule has 2 aliphatic rings. The van der Waals surface area contributed by atoms with E-state index in [0.717, 1.165) is 25.4 Å². The number of aromatic amines is 1. The van der Waals surface area contributed by atoms with Crippen LogP contribution < -0.4 is 16.0 Å². The summed E-state index contributed by atoms with van der Waals surface area (Å²) in [5, 5.41) is 10.7. The van der Waals surface area contributed by atoms with E-state index in [1.54, 1.807) is 24.0 Å². The molecule has 0 unspecified atom stereocenters. The van der Waals surface area contributed by atoms with Crippen molar-refractivity contribution in [2.75, 3.05) is 39.3 Å². The van der Waals surface area contributed by atoms with E-state index in [1.807, 2.05) is 12.1 Å². The van der Waals surface area contributed by atoms with Gasteiger partial charge in [-0.2, -0.15) is 0 Å². The van der Waals surface area contributed by atoms with Crippen molar-refractivity contribution < 1.29 is 14.6 Å². The quantitative estimate of drug-likeness (QED) is 0.663. The molecule has 2 saturated heterocycles. The fourth-order valence-electron chi connectivity index (χ4n) is 4.78. The summed E-state index contributed by atoms with van der Waals surface area (Å²) in [7, 11) is 0. The second-order valence-electron chi connectivity index (χ2n) is 9.26. The molecule has 9 heteroatoms. The van der Waals surface area contributed by atoms with Crippen molar-refractivity contribution in [1.82, 2.24) is 19.4 Å². The summed E-state index contributed by atoms with van der Waals surface area (Å²) < 4.78 is 7.24. The fraction of sp³-hybridized carbons (Fsp3) is 0.560. The SMILES string of the molecule is Cc1cn([C@H]2CCN(C(=O)c3ccc(OCCN4CCCCC4)cc3)CC[C@@H]2O)c(=O)[nH]c1=O. The van der Waals surface area contributed by atoms with Crippen molar-refractivity contribution in [3.63, 3.8) is 0 Å². The topological polar surface area (TPSA) is 108 Å². The Balaban J connectivity index is 1.34. The number of nitrogens with one attached hydrogen (secondary N) is 1. The molecule has 0 bridgehead atoms. The van der Waals surface area contributed by atoms with Crippen molar-refractivity contribution >= 4 is 5.91 Å². The van der Waals surface area contributed by atoms with Gasteiger partial charge in [0.05, 0.1) is 12.1 Å². The number of aryl methyl sites for hydroxylation is 1. The molecule has 0 radical (unpaired) electrons. The summed E-state index contributed by atoms with van der Waals surface area (Å²) >= 11 is 0. The van der Waals surface area contributed by atoms with Crippen LogP contribution in [0.5, 0.6) is 5.75 Å². The van der Waals surface area contributed by atoms with E-state index in [4.69, 9.17) is 4.74 Å². The second kappa shape index (κ2) is 11.0. The predicted molar refractivity (Wildman–Crippen MR) is 128 cm³/mol. The number of amides is 1. The Morgan fingerprint density at radius 1 is 1.06 bits per heavy atom. The Bertz CT molecular complexity index is 1090. The number of hydrogen-bond donors (Lipinski definition) is 2. The Hall–Kier alpha value is -2.91. The first-order chi connectivity index (χ1) is 16.4. The van der Waals surface area contributed by atoms with Gasteiger partial charge in [0.1, 0.15) is 12.4 Å². The maximum Gasteiger partial charge on any atom is 0.328 e. The fourth-order valence-corrected chi connectivity index (χ4v) is 4.78. The Kier molecular flexibility index (Phi) is 7.84. The number of likely N-dealkylation sites (tertiary alicyclic amines) is 2. The van der Waals surface area contributed by atoms with Crippen LogP contribution in [0.25, 0.3) is 0 Å². The zero-order valence-electron chi connectivity index (χ0n) is 19.7. The summed E-state index contributed by atoms with van der Waals surface area (Å²) in [4.78, 5) is 43.5. The molecule has 2 fully saturated rings. The molecule has 1 aromatic heterocycles. The van der Waals surface area contributed by atoms with Gasteiger partial charge < -0.3 is 14.7 Å². The van der Waals surface area contributed by atoms with Crippen molar-refractivity contribution in [1.29, 1.82) is 0 Å². The molecule has 3 heterocycles.